The third-order valence-corrected chi connectivity index (χ3v) is 4.61. The molecule has 1 aliphatic rings. The predicted octanol–water partition coefficient (Wildman–Crippen LogP) is 1.63. The van der Waals surface area contributed by atoms with Crippen molar-refractivity contribution in [1.29, 1.82) is 0 Å². The molecule has 0 unspecified atom stereocenters. The summed E-state index contributed by atoms with van der Waals surface area (Å²) in [4.78, 5) is 42.5. The van der Waals surface area contributed by atoms with Crippen LogP contribution in [0.1, 0.15) is 24.1 Å². The number of carbonyl (C=O) groups excluding carboxylic acids is 2. The van der Waals surface area contributed by atoms with Crippen molar-refractivity contribution in [1.82, 2.24) is 15.3 Å². The van der Waals surface area contributed by atoms with Crippen LogP contribution in [0.2, 0.25) is 0 Å². The van der Waals surface area contributed by atoms with E-state index in [1.54, 1.807) is 0 Å². The standard InChI is InChI=1S/C18H20N4O3S/c1-11-2-4-12(5-3-11)20-17(25)10-26-18-21-14(9-16(24)22-18)8-15(23)19-13-6-7-13/h2-5,9,13H,6-8,10H2,1H3,(H,19,23)(H,20,25)(H,21,22,24). The molecule has 1 fully saturated rings. The number of H-pyrrole nitrogens is 1. The molecule has 1 aliphatic carbocycles. The van der Waals surface area contributed by atoms with Gasteiger partial charge < -0.3 is 15.6 Å². The predicted molar refractivity (Wildman–Crippen MR) is 100 cm³/mol. The summed E-state index contributed by atoms with van der Waals surface area (Å²) in [7, 11) is 0. The van der Waals surface area contributed by atoms with Crippen LogP contribution in [0.5, 0.6) is 0 Å². The zero-order chi connectivity index (χ0) is 18.5. The molecule has 2 aromatic rings. The van der Waals surface area contributed by atoms with Crippen LogP contribution in [-0.4, -0.2) is 33.6 Å². The number of carbonyl (C=O) groups is 2. The fourth-order valence-electron chi connectivity index (χ4n) is 2.28. The van der Waals surface area contributed by atoms with E-state index in [1.807, 2.05) is 31.2 Å². The van der Waals surface area contributed by atoms with Gasteiger partial charge in [0.2, 0.25) is 11.8 Å². The molecular weight excluding hydrogens is 352 g/mol. The van der Waals surface area contributed by atoms with Gasteiger partial charge in [-0.05, 0) is 31.9 Å². The van der Waals surface area contributed by atoms with E-state index in [4.69, 9.17) is 0 Å². The SMILES string of the molecule is Cc1ccc(NC(=O)CSc2nc(CC(=O)NC3CC3)cc(=O)[nH]2)cc1. The lowest BCUT2D eigenvalue weighted by Gasteiger charge is -2.06. The minimum Gasteiger partial charge on any atom is -0.353 e. The zero-order valence-electron chi connectivity index (χ0n) is 14.4. The van der Waals surface area contributed by atoms with Gasteiger partial charge in [0.1, 0.15) is 0 Å². The monoisotopic (exact) mass is 372 g/mol. The van der Waals surface area contributed by atoms with Gasteiger partial charge in [0, 0.05) is 17.8 Å². The van der Waals surface area contributed by atoms with Gasteiger partial charge in [-0.25, -0.2) is 4.98 Å². The first-order chi connectivity index (χ1) is 12.5. The number of benzene rings is 1. The normalized spacial score (nSPS) is 13.3. The molecule has 1 heterocycles. The highest BCUT2D eigenvalue weighted by atomic mass is 32.2. The van der Waals surface area contributed by atoms with Crippen molar-refractivity contribution in [2.75, 3.05) is 11.1 Å². The molecular formula is C18H20N4O3S. The van der Waals surface area contributed by atoms with Crippen LogP contribution < -0.4 is 16.2 Å². The summed E-state index contributed by atoms with van der Waals surface area (Å²) >= 11 is 1.12. The summed E-state index contributed by atoms with van der Waals surface area (Å²) in [5.41, 5.74) is 1.89. The maximum atomic E-state index is 12.0. The molecule has 3 N–H and O–H groups in total. The van der Waals surface area contributed by atoms with E-state index < -0.39 is 0 Å². The van der Waals surface area contributed by atoms with Crippen LogP contribution >= 0.6 is 11.8 Å². The Morgan fingerprint density at radius 2 is 1.96 bits per heavy atom. The van der Waals surface area contributed by atoms with Gasteiger partial charge in [0.15, 0.2) is 5.16 Å². The average molecular weight is 372 g/mol. The number of nitrogens with one attached hydrogen (secondary N) is 3. The number of aromatic nitrogens is 2. The first-order valence-electron chi connectivity index (χ1n) is 8.37. The molecule has 7 nitrogen and oxygen atoms in total. The Labute approximate surface area is 155 Å². The molecule has 1 aromatic carbocycles. The van der Waals surface area contributed by atoms with Crippen molar-refractivity contribution >= 4 is 29.3 Å². The summed E-state index contributed by atoms with van der Waals surface area (Å²) in [6.45, 7) is 1.97. The molecule has 136 valence electrons. The van der Waals surface area contributed by atoms with Crippen molar-refractivity contribution in [3.63, 3.8) is 0 Å². The largest absolute Gasteiger partial charge is 0.353 e. The minimum atomic E-state index is -0.337. The van der Waals surface area contributed by atoms with Crippen LogP contribution in [0, 0.1) is 6.92 Å². The molecule has 0 spiro atoms. The third-order valence-electron chi connectivity index (χ3n) is 3.73. The van der Waals surface area contributed by atoms with Gasteiger partial charge in [0.05, 0.1) is 17.9 Å². The molecule has 8 heteroatoms. The van der Waals surface area contributed by atoms with Crippen LogP contribution in [0.3, 0.4) is 0 Å². The number of anilines is 1. The lowest BCUT2D eigenvalue weighted by atomic mass is 10.2. The molecule has 3 rings (SSSR count). The van der Waals surface area contributed by atoms with Crippen molar-refractivity contribution in [2.45, 2.75) is 37.4 Å². The zero-order valence-corrected chi connectivity index (χ0v) is 15.2. The van der Waals surface area contributed by atoms with Crippen molar-refractivity contribution in [3.05, 3.63) is 51.9 Å². The molecule has 0 atom stereocenters. The van der Waals surface area contributed by atoms with Crippen molar-refractivity contribution in [2.24, 2.45) is 0 Å². The summed E-state index contributed by atoms with van der Waals surface area (Å²) in [6.07, 6.45) is 2.07. The van der Waals surface area contributed by atoms with Crippen LogP contribution in [0.15, 0.2) is 40.3 Å². The number of rotatable bonds is 7. The number of thioether (sulfide) groups is 1. The minimum absolute atomic E-state index is 0.0591. The quantitative estimate of drug-likeness (QED) is 0.506. The second kappa shape index (κ2) is 8.18. The summed E-state index contributed by atoms with van der Waals surface area (Å²) in [6, 6.07) is 9.07. The summed E-state index contributed by atoms with van der Waals surface area (Å²) < 4.78 is 0. The smallest absolute Gasteiger partial charge is 0.251 e. The van der Waals surface area contributed by atoms with Gasteiger partial charge in [-0.3, -0.25) is 14.4 Å². The molecule has 1 aromatic heterocycles. The fraction of sp³-hybridized carbons (Fsp3) is 0.333. The Balaban J connectivity index is 1.54. The lowest BCUT2D eigenvalue weighted by Crippen LogP contribution is -2.28. The first-order valence-corrected chi connectivity index (χ1v) is 9.35. The highest BCUT2D eigenvalue weighted by Gasteiger charge is 2.23. The topological polar surface area (TPSA) is 104 Å². The van der Waals surface area contributed by atoms with Crippen LogP contribution in [0.4, 0.5) is 5.69 Å². The van der Waals surface area contributed by atoms with Gasteiger partial charge >= 0.3 is 0 Å². The number of hydrogen-bond donors (Lipinski definition) is 3. The molecule has 0 saturated heterocycles. The molecule has 0 aliphatic heterocycles. The fourth-order valence-corrected chi connectivity index (χ4v) is 2.98. The number of nitrogens with zero attached hydrogens (tertiary/aromatic N) is 1. The summed E-state index contributed by atoms with van der Waals surface area (Å²) in [5.74, 6) is -0.230. The van der Waals surface area contributed by atoms with Crippen molar-refractivity contribution < 1.29 is 9.59 Å². The molecule has 2 amide bonds. The third kappa shape index (κ3) is 5.73. The van der Waals surface area contributed by atoms with Crippen molar-refractivity contribution in [3.8, 4) is 0 Å². The Bertz CT molecular complexity index is 859. The number of aryl methyl sites for hydroxylation is 1. The molecule has 26 heavy (non-hydrogen) atoms. The maximum absolute atomic E-state index is 12.0. The van der Waals surface area contributed by atoms with E-state index in [-0.39, 0.29) is 35.6 Å². The van der Waals surface area contributed by atoms with E-state index in [9.17, 15) is 14.4 Å². The Morgan fingerprint density at radius 1 is 1.23 bits per heavy atom. The van der Waals surface area contributed by atoms with E-state index in [2.05, 4.69) is 20.6 Å². The molecule has 1 saturated carbocycles. The van der Waals surface area contributed by atoms with E-state index in [0.717, 1.165) is 30.2 Å². The highest BCUT2D eigenvalue weighted by Crippen LogP contribution is 2.19. The van der Waals surface area contributed by atoms with Gasteiger partial charge in [0.25, 0.3) is 5.56 Å². The molecule has 0 radical (unpaired) electrons. The second-order valence-corrected chi connectivity index (χ2v) is 7.23. The van der Waals surface area contributed by atoms with Crippen LogP contribution in [-0.2, 0) is 16.0 Å². The highest BCUT2D eigenvalue weighted by molar-refractivity contribution is 7.99. The Hall–Kier alpha value is -2.61. The number of aromatic amines is 1. The van der Waals surface area contributed by atoms with Crippen LogP contribution in [0.25, 0.3) is 0 Å². The van der Waals surface area contributed by atoms with E-state index in [0.29, 0.717) is 16.5 Å². The van der Waals surface area contributed by atoms with Gasteiger partial charge in [-0.15, -0.1) is 0 Å². The lowest BCUT2D eigenvalue weighted by molar-refractivity contribution is -0.120. The number of hydrogen-bond acceptors (Lipinski definition) is 5. The van der Waals surface area contributed by atoms with E-state index >= 15 is 0 Å². The van der Waals surface area contributed by atoms with Gasteiger partial charge in [-0.1, -0.05) is 29.5 Å². The molecule has 0 bridgehead atoms. The number of amides is 2. The van der Waals surface area contributed by atoms with Gasteiger partial charge in [-0.2, -0.15) is 0 Å². The summed E-state index contributed by atoms with van der Waals surface area (Å²) in [5, 5.41) is 5.97. The Morgan fingerprint density at radius 3 is 2.65 bits per heavy atom. The second-order valence-electron chi connectivity index (χ2n) is 6.26. The van der Waals surface area contributed by atoms with E-state index in [1.165, 1.54) is 6.07 Å². The maximum Gasteiger partial charge on any atom is 0.251 e. The Kier molecular flexibility index (Phi) is 5.72. The first kappa shape index (κ1) is 18.2. The average Bonchev–Trinajstić information content (AvgIpc) is 3.38.